The summed E-state index contributed by atoms with van der Waals surface area (Å²) in [5.74, 6) is 0. The van der Waals surface area contributed by atoms with Gasteiger partial charge >= 0.3 is 0 Å². The first kappa shape index (κ1) is 38.0. The molecule has 0 radical (unpaired) electrons. The van der Waals surface area contributed by atoms with E-state index in [-0.39, 0.29) is 0 Å². The van der Waals surface area contributed by atoms with Crippen LogP contribution in [-0.4, -0.2) is 0 Å². The molecule has 0 aliphatic heterocycles. The minimum atomic E-state index is 1.10. The number of para-hydroxylation sites is 2. The van der Waals surface area contributed by atoms with Gasteiger partial charge in [0, 0.05) is 55.0 Å². The van der Waals surface area contributed by atoms with Gasteiger partial charge in [0.2, 0.25) is 0 Å². The SMILES string of the molecule is c1ccc(-c2c(-c3ccc(N(c4ccccc4)c4ccc5ccccc5c4)cc3)sc(-c3ccc(N(c4ccccc4)c4ccc5ccccc5c4)cc3)c2-c2ccccc2)cc1. The second kappa shape index (κ2) is 16.8. The Morgan fingerprint density at radius 1 is 0.222 bits per heavy atom. The molecule has 0 bridgehead atoms. The van der Waals surface area contributed by atoms with Crippen molar-refractivity contribution >= 4 is 67.0 Å². The highest BCUT2D eigenvalue weighted by atomic mass is 32.1. The van der Waals surface area contributed by atoms with Gasteiger partial charge in [0.05, 0.1) is 0 Å². The van der Waals surface area contributed by atoms with E-state index < -0.39 is 0 Å². The largest absolute Gasteiger partial charge is 0.310 e. The zero-order valence-electron chi connectivity index (χ0n) is 34.6. The minimum absolute atomic E-state index is 1.10. The number of anilines is 6. The van der Waals surface area contributed by atoms with Crippen molar-refractivity contribution in [1.82, 2.24) is 0 Å². The summed E-state index contributed by atoms with van der Waals surface area (Å²) in [6, 6.07) is 92.0. The van der Waals surface area contributed by atoms with E-state index in [9.17, 15) is 0 Å². The highest BCUT2D eigenvalue weighted by Gasteiger charge is 2.24. The molecule has 10 aromatic carbocycles. The molecule has 0 saturated heterocycles. The lowest BCUT2D eigenvalue weighted by Crippen LogP contribution is -2.09. The zero-order chi connectivity index (χ0) is 42.0. The Balaban J connectivity index is 1.04. The quantitative estimate of drug-likeness (QED) is 0.136. The topological polar surface area (TPSA) is 6.48 Å². The summed E-state index contributed by atoms with van der Waals surface area (Å²) in [7, 11) is 0. The van der Waals surface area contributed by atoms with E-state index in [4.69, 9.17) is 0 Å². The van der Waals surface area contributed by atoms with Gasteiger partial charge in [-0.2, -0.15) is 0 Å². The predicted octanol–water partition coefficient (Wildman–Crippen LogP) is 17.7. The lowest BCUT2D eigenvalue weighted by atomic mass is 9.91. The maximum absolute atomic E-state index is 2.35. The number of benzene rings is 10. The molecule has 11 rings (SSSR count). The van der Waals surface area contributed by atoms with Crippen LogP contribution in [0.15, 0.2) is 255 Å². The van der Waals surface area contributed by atoms with Gasteiger partial charge in [-0.25, -0.2) is 0 Å². The molecular formula is C60H42N2S. The molecule has 0 fully saturated rings. The van der Waals surface area contributed by atoms with E-state index in [1.54, 1.807) is 0 Å². The molecule has 1 heterocycles. The number of hydrogen-bond acceptors (Lipinski definition) is 3. The third-order valence-corrected chi connectivity index (χ3v) is 13.1. The second-order valence-electron chi connectivity index (χ2n) is 15.7. The molecule has 11 aromatic rings. The predicted molar refractivity (Wildman–Crippen MR) is 270 cm³/mol. The summed E-state index contributed by atoms with van der Waals surface area (Å²) in [5.41, 5.74) is 13.9. The van der Waals surface area contributed by atoms with Crippen LogP contribution in [0.4, 0.5) is 34.1 Å². The van der Waals surface area contributed by atoms with Gasteiger partial charge in [-0.05, 0) is 117 Å². The van der Waals surface area contributed by atoms with Crippen LogP contribution in [0.25, 0.3) is 64.7 Å². The maximum Gasteiger partial charge on any atom is 0.0468 e. The van der Waals surface area contributed by atoms with Gasteiger partial charge < -0.3 is 9.80 Å². The summed E-state index contributed by atoms with van der Waals surface area (Å²) in [5, 5.41) is 4.89. The first-order chi connectivity index (χ1) is 31.2. The zero-order valence-corrected chi connectivity index (χ0v) is 35.4. The van der Waals surface area contributed by atoms with Crippen molar-refractivity contribution < 1.29 is 0 Å². The Kier molecular flexibility index (Phi) is 10.1. The average molecular weight is 823 g/mol. The average Bonchev–Trinajstić information content (AvgIpc) is 3.77. The van der Waals surface area contributed by atoms with E-state index in [0.717, 1.165) is 34.1 Å². The molecule has 0 N–H and O–H groups in total. The number of rotatable bonds is 10. The van der Waals surface area contributed by atoms with Crippen molar-refractivity contribution in [3.63, 3.8) is 0 Å². The molecule has 298 valence electrons. The van der Waals surface area contributed by atoms with E-state index in [2.05, 4.69) is 265 Å². The Labute approximate surface area is 372 Å². The summed E-state index contributed by atoms with van der Waals surface area (Å²) < 4.78 is 0. The molecule has 0 atom stereocenters. The molecule has 0 aliphatic carbocycles. The lowest BCUT2D eigenvalue weighted by Gasteiger charge is -2.26. The molecule has 0 amide bonds. The number of hydrogen-bond donors (Lipinski definition) is 0. The van der Waals surface area contributed by atoms with Crippen LogP contribution in [0.2, 0.25) is 0 Å². The van der Waals surface area contributed by atoms with Gasteiger partial charge in [-0.1, -0.05) is 182 Å². The lowest BCUT2D eigenvalue weighted by molar-refractivity contribution is 1.29. The molecule has 0 spiro atoms. The van der Waals surface area contributed by atoms with Gasteiger partial charge in [-0.3, -0.25) is 0 Å². The van der Waals surface area contributed by atoms with E-state index in [1.807, 2.05) is 11.3 Å². The Bertz CT molecular complexity index is 3080. The van der Waals surface area contributed by atoms with Crippen molar-refractivity contribution in [2.75, 3.05) is 9.80 Å². The van der Waals surface area contributed by atoms with Crippen molar-refractivity contribution in [2.24, 2.45) is 0 Å². The van der Waals surface area contributed by atoms with Gasteiger partial charge in [0.1, 0.15) is 0 Å². The summed E-state index contributed by atoms with van der Waals surface area (Å²) in [6.45, 7) is 0. The van der Waals surface area contributed by atoms with Crippen LogP contribution >= 0.6 is 11.3 Å². The first-order valence-corrected chi connectivity index (χ1v) is 22.2. The fourth-order valence-electron chi connectivity index (χ4n) is 8.80. The number of thiophene rings is 1. The molecule has 0 unspecified atom stereocenters. The third-order valence-electron chi connectivity index (χ3n) is 11.8. The standard InChI is InChI=1S/C60H42N2S/c1-5-19-45(20-6-1)57-58(46-21-7-2-8-22-46)60(48-33-37-54(38-34-48)62(52-27-11-4-12-28-52)56-40-30-44-18-14-16-24-50(44)42-56)63-59(57)47-31-35-53(36-32-47)61(51-25-9-3-10-26-51)55-39-29-43-17-13-15-23-49(43)41-55/h1-42H. The van der Waals surface area contributed by atoms with Gasteiger partial charge in [0.15, 0.2) is 0 Å². The Hall–Kier alpha value is -7.98. The minimum Gasteiger partial charge on any atom is -0.310 e. The molecular weight excluding hydrogens is 781 g/mol. The molecule has 1 aromatic heterocycles. The first-order valence-electron chi connectivity index (χ1n) is 21.4. The molecule has 63 heavy (non-hydrogen) atoms. The van der Waals surface area contributed by atoms with Crippen molar-refractivity contribution in [2.45, 2.75) is 0 Å². The fourth-order valence-corrected chi connectivity index (χ4v) is 10.2. The molecule has 0 aliphatic rings. The summed E-state index contributed by atoms with van der Waals surface area (Å²) >= 11 is 1.87. The van der Waals surface area contributed by atoms with Crippen LogP contribution in [-0.2, 0) is 0 Å². The van der Waals surface area contributed by atoms with Crippen LogP contribution in [0.1, 0.15) is 0 Å². The fraction of sp³-hybridized carbons (Fsp3) is 0. The summed E-state index contributed by atoms with van der Waals surface area (Å²) in [6.07, 6.45) is 0. The van der Waals surface area contributed by atoms with Crippen molar-refractivity contribution in [3.8, 4) is 43.1 Å². The second-order valence-corrected chi connectivity index (χ2v) is 16.8. The highest BCUT2D eigenvalue weighted by Crippen LogP contribution is 2.53. The monoisotopic (exact) mass is 822 g/mol. The van der Waals surface area contributed by atoms with E-state index in [0.29, 0.717) is 0 Å². The molecule has 3 heteroatoms. The summed E-state index contributed by atoms with van der Waals surface area (Å²) in [4.78, 5) is 7.18. The smallest absolute Gasteiger partial charge is 0.0468 e. The molecule has 2 nitrogen and oxygen atoms in total. The van der Waals surface area contributed by atoms with Gasteiger partial charge in [-0.15, -0.1) is 11.3 Å². The Morgan fingerprint density at radius 3 is 0.905 bits per heavy atom. The van der Waals surface area contributed by atoms with Crippen molar-refractivity contribution in [3.05, 3.63) is 255 Å². The van der Waals surface area contributed by atoms with Crippen LogP contribution < -0.4 is 9.80 Å². The van der Waals surface area contributed by atoms with Crippen LogP contribution in [0, 0.1) is 0 Å². The highest BCUT2D eigenvalue weighted by molar-refractivity contribution is 7.20. The number of nitrogens with zero attached hydrogens (tertiary/aromatic N) is 2. The maximum atomic E-state index is 2.35. The van der Waals surface area contributed by atoms with Crippen LogP contribution in [0.5, 0.6) is 0 Å². The number of fused-ring (bicyclic) bond motifs is 2. The van der Waals surface area contributed by atoms with Crippen molar-refractivity contribution in [1.29, 1.82) is 0 Å². The van der Waals surface area contributed by atoms with Gasteiger partial charge in [0.25, 0.3) is 0 Å². The van der Waals surface area contributed by atoms with E-state index >= 15 is 0 Å². The third kappa shape index (κ3) is 7.46. The molecule has 0 saturated carbocycles. The Morgan fingerprint density at radius 2 is 0.524 bits per heavy atom. The normalized spacial score (nSPS) is 11.2. The van der Waals surface area contributed by atoms with Crippen LogP contribution in [0.3, 0.4) is 0 Å². The van der Waals surface area contributed by atoms with E-state index in [1.165, 1.54) is 64.7 Å².